The molecule has 0 aliphatic carbocycles. The molecule has 0 heterocycles. The van der Waals surface area contributed by atoms with E-state index in [2.05, 4.69) is 4.99 Å². The minimum absolute atomic E-state index is 0.182. The van der Waals surface area contributed by atoms with Gasteiger partial charge in [0.25, 0.3) is 0 Å². The highest BCUT2D eigenvalue weighted by molar-refractivity contribution is 5.94. The maximum atomic E-state index is 13.2. The van der Waals surface area contributed by atoms with Gasteiger partial charge in [0, 0.05) is 16.7 Å². The lowest BCUT2D eigenvalue weighted by Crippen LogP contribution is -2.20. The Morgan fingerprint density at radius 1 is 1.37 bits per heavy atom. The lowest BCUT2D eigenvalue weighted by atomic mass is 9.92. The van der Waals surface area contributed by atoms with Gasteiger partial charge >= 0.3 is 0 Å². The van der Waals surface area contributed by atoms with Gasteiger partial charge in [-0.3, -0.25) is 0 Å². The third-order valence-electron chi connectivity index (χ3n) is 2.63. The number of nitrogens with zero attached hydrogens (tertiary/aromatic N) is 1. The lowest BCUT2D eigenvalue weighted by molar-refractivity contribution is 0.276. The van der Waals surface area contributed by atoms with Crippen molar-refractivity contribution in [1.29, 1.82) is 0 Å². The molecule has 1 aromatic rings. The zero-order valence-electron chi connectivity index (χ0n) is 11.4. The van der Waals surface area contributed by atoms with E-state index in [4.69, 9.17) is 16.6 Å². The fourth-order valence-corrected chi connectivity index (χ4v) is 1.31. The van der Waals surface area contributed by atoms with Crippen molar-refractivity contribution in [2.45, 2.75) is 27.4 Å². The molecule has 0 unspecified atom stereocenters. The van der Waals surface area contributed by atoms with Crippen LogP contribution in [-0.2, 0) is 6.61 Å². The van der Waals surface area contributed by atoms with Crippen LogP contribution >= 0.6 is 0 Å². The van der Waals surface area contributed by atoms with E-state index in [-0.39, 0.29) is 23.4 Å². The molecule has 0 spiro atoms. The standard InChI is InChI=1S/C14H20FN3O/c1-14(2,3)12(16)7-13(17)18-10-4-5-11(15)9(6-10)8-19/h4-7,19H,8,16H2,1-3H3,(H2,17,18). The van der Waals surface area contributed by atoms with Gasteiger partial charge in [0.2, 0.25) is 0 Å². The monoisotopic (exact) mass is 265 g/mol. The molecule has 1 rings (SSSR count). The summed E-state index contributed by atoms with van der Waals surface area (Å²) in [6.07, 6.45) is 1.59. The van der Waals surface area contributed by atoms with Crippen molar-refractivity contribution in [3.05, 3.63) is 41.4 Å². The first kappa shape index (κ1) is 15.2. The van der Waals surface area contributed by atoms with Crippen LogP contribution in [0.4, 0.5) is 10.1 Å². The molecule has 0 radical (unpaired) electrons. The highest BCUT2D eigenvalue weighted by Gasteiger charge is 2.13. The van der Waals surface area contributed by atoms with Crippen LogP contribution in [0.15, 0.2) is 35.0 Å². The highest BCUT2D eigenvalue weighted by atomic mass is 19.1. The predicted molar refractivity (Wildman–Crippen MR) is 75.3 cm³/mol. The molecule has 0 fully saturated rings. The summed E-state index contributed by atoms with van der Waals surface area (Å²) in [5.74, 6) is -0.229. The summed E-state index contributed by atoms with van der Waals surface area (Å²) in [4.78, 5) is 4.12. The number of nitrogens with two attached hydrogens (primary N) is 2. The molecule has 0 saturated heterocycles. The SMILES string of the molecule is CC(C)(C)C(N)=CC(N)=Nc1ccc(F)c(CO)c1. The number of hydrogen-bond acceptors (Lipinski definition) is 3. The van der Waals surface area contributed by atoms with Crippen molar-refractivity contribution in [2.75, 3.05) is 0 Å². The fraction of sp³-hybridized carbons (Fsp3) is 0.357. The Balaban J connectivity index is 3.03. The zero-order valence-corrected chi connectivity index (χ0v) is 11.4. The quantitative estimate of drug-likeness (QED) is 0.578. The van der Waals surface area contributed by atoms with Gasteiger partial charge in [-0.15, -0.1) is 0 Å². The van der Waals surface area contributed by atoms with E-state index in [0.717, 1.165) is 0 Å². The Labute approximate surface area is 112 Å². The lowest BCUT2D eigenvalue weighted by Gasteiger charge is -2.18. The third-order valence-corrected chi connectivity index (χ3v) is 2.63. The van der Waals surface area contributed by atoms with Crippen molar-refractivity contribution in [1.82, 2.24) is 0 Å². The number of amidine groups is 1. The molecule has 0 aromatic heterocycles. The first-order chi connectivity index (χ1) is 8.74. The van der Waals surface area contributed by atoms with Crippen LogP contribution in [0.3, 0.4) is 0 Å². The van der Waals surface area contributed by atoms with E-state index >= 15 is 0 Å². The van der Waals surface area contributed by atoms with Crippen molar-refractivity contribution in [2.24, 2.45) is 21.9 Å². The molecule has 5 heteroatoms. The van der Waals surface area contributed by atoms with Crippen molar-refractivity contribution >= 4 is 11.5 Å². The Morgan fingerprint density at radius 3 is 2.53 bits per heavy atom. The second-order valence-electron chi connectivity index (χ2n) is 5.32. The number of halogens is 1. The molecule has 0 aliphatic heterocycles. The Kier molecular flexibility index (Phi) is 4.67. The summed E-state index contributed by atoms with van der Waals surface area (Å²) in [7, 11) is 0. The Morgan fingerprint density at radius 2 is 2.00 bits per heavy atom. The Bertz CT molecular complexity index is 516. The van der Waals surface area contributed by atoms with Crippen LogP contribution in [0.5, 0.6) is 0 Å². The molecule has 19 heavy (non-hydrogen) atoms. The topological polar surface area (TPSA) is 84.6 Å². The number of aliphatic hydroxyl groups excluding tert-OH is 1. The first-order valence-corrected chi connectivity index (χ1v) is 5.95. The first-order valence-electron chi connectivity index (χ1n) is 5.95. The van der Waals surface area contributed by atoms with Crippen LogP contribution in [0.2, 0.25) is 0 Å². The molecular weight excluding hydrogens is 245 g/mol. The third kappa shape index (κ3) is 4.37. The number of rotatable bonds is 3. The second kappa shape index (κ2) is 5.84. The van der Waals surface area contributed by atoms with Crippen molar-refractivity contribution in [3.63, 3.8) is 0 Å². The molecule has 0 atom stereocenters. The van der Waals surface area contributed by atoms with Gasteiger partial charge in [0.05, 0.1) is 12.3 Å². The smallest absolute Gasteiger partial charge is 0.128 e. The van der Waals surface area contributed by atoms with Crippen molar-refractivity contribution < 1.29 is 9.50 Å². The molecule has 0 amide bonds. The number of hydrogen-bond donors (Lipinski definition) is 3. The van der Waals surface area contributed by atoms with E-state index in [1.165, 1.54) is 18.2 Å². The summed E-state index contributed by atoms with van der Waals surface area (Å²) in [6, 6.07) is 4.18. The van der Waals surface area contributed by atoms with Gasteiger partial charge in [-0.2, -0.15) is 0 Å². The average Bonchev–Trinajstić information content (AvgIpc) is 2.30. The number of benzene rings is 1. The molecule has 4 nitrogen and oxygen atoms in total. The predicted octanol–water partition coefficient (Wildman–Crippen LogP) is 2.20. The summed E-state index contributed by atoms with van der Waals surface area (Å²) < 4.78 is 13.2. The normalized spacial score (nSPS) is 13.7. The van der Waals surface area contributed by atoms with E-state index in [1.807, 2.05) is 20.8 Å². The van der Waals surface area contributed by atoms with Crippen molar-refractivity contribution in [3.8, 4) is 0 Å². The minimum Gasteiger partial charge on any atom is -0.401 e. The van der Waals surface area contributed by atoms with Crippen LogP contribution in [0, 0.1) is 11.2 Å². The van der Waals surface area contributed by atoms with Gasteiger partial charge in [-0.1, -0.05) is 20.8 Å². The molecule has 0 saturated carbocycles. The Hall–Kier alpha value is -1.88. The molecular formula is C14H20FN3O. The number of aliphatic imine (C=N–C) groups is 1. The fourth-order valence-electron chi connectivity index (χ4n) is 1.31. The second-order valence-corrected chi connectivity index (χ2v) is 5.32. The van der Waals surface area contributed by atoms with Crippen LogP contribution in [-0.4, -0.2) is 10.9 Å². The van der Waals surface area contributed by atoms with E-state index < -0.39 is 5.82 Å². The maximum absolute atomic E-state index is 13.2. The van der Waals surface area contributed by atoms with E-state index in [0.29, 0.717) is 11.4 Å². The number of aliphatic hydroxyl groups is 1. The zero-order chi connectivity index (χ0) is 14.6. The van der Waals surface area contributed by atoms with Gasteiger partial charge in [-0.25, -0.2) is 9.38 Å². The summed E-state index contributed by atoms with van der Waals surface area (Å²) >= 11 is 0. The maximum Gasteiger partial charge on any atom is 0.128 e. The summed E-state index contributed by atoms with van der Waals surface area (Å²) in [5, 5.41) is 8.98. The summed E-state index contributed by atoms with van der Waals surface area (Å²) in [6.45, 7) is 5.52. The van der Waals surface area contributed by atoms with Gasteiger partial charge in [-0.05, 0) is 24.3 Å². The highest BCUT2D eigenvalue weighted by Crippen LogP contribution is 2.21. The minimum atomic E-state index is -0.468. The van der Waals surface area contributed by atoms with Gasteiger partial charge in [0.15, 0.2) is 0 Å². The number of allylic oxidation sites excluding steroid dienone is 1. The average molecular weight is 265 g/mol. The van der Waals surface area contributed by atoms with Crippen LogP contribution in [0.1, 0.15) is 26.3 Å². The van der Waals surface area contributed by atoms with E-state index in [9.17, 15) is 4.39 Å². The van der Waals surface area contributed by atoms with Gasteiger partial charge < -0.3 is 16.6 Å². The van der Waals surface area contributed by atoms with Gasteiger partial charge in [0.1, 0.15) is 11.7 Å². The molecule has 5 N–H and O–H groups in total. The van der Waals surface area contributed by atoms with Crippen LogP contribution < -0.4 is 11.5 Å². The molecule has 0 bridgehead atoms. The molecule has 0 aliphatic rings. The molecule has 104 valence electrons. The van der Waals surface area contributed by atoms with Crippen LogP contribution in [0.25, 0.3) is 0 Å². The summed E-state index contributed by atoms with van der Waals surface area (Å²) in [5.41, 5.74) is 12.7. The largest absolute Gasteiger partial charge is 0.401 e. The molecule has 1 aromatic carbocycles. The van der Waals surface area contributed by atoms with E-state index in [1.54, 1.807) is 6.08 Å².